The number of anilines is 1. The second-order valence-electron chi connectivity index (χ2n) is 4.75. The van der Waals surface area contributed by atoms with Crippen LogP contribution in [0.25, 0.3) is 10.9 Å². The molecule has 0 aliphatic rings. The maximum absolute atomic E-state index is 11.9. The van der Waals surface area contributed by atoms with Crippen molar-refractivity contribution in [3.63, 3.8) is 0 Å². The van der Waals surface area contributed by atoms with Gasteiger partial charge in [-0.3, -0.25) is 4.79 Å². The third kappa shape index (κ3) is 2.54. The summed E-state index contributed by atoms with van der Waals surface area (Å²) >= 11 is 0. The van der Waals surface area contributed by atoms with Crippen molar-refractivity contribution in [2.75, 3.05) is 5.32 Å². The normalized spacial score (nSPS) is 10.7. The van der Waals surface area contributed by atoms with E-state index >= 15 is 0 Å². The van der Waals surface area contributed by atoms with Gasteiger partial charge in [0.1, 0.15) is 5.82 Å². The van der Waals surface area contributed by atoms with E-state index in [0.717, 1.165) is 11.2 Å². The van der Waals surface area contributed by atoms with Crippen LogP contribution in [0.5, 0.6) is 0 Å². The minimum absolute atomic E-state index is 0.101. The Hall–Kier alpha value is -2.62. The van der Waals surface area contributed by atoms with Gasteiger partial charge in [-0.05, 0) is 31.2 Å². The lowest BCUT2D eigenvalue weighted by Crippen LogP contribution is -2.14. The fourth-order valence-electron chi connectivity index (χ4n) is 2.08. The number of rotatable bonds is 3. The van der Waals surface area contributed by atoms with E-state index in [9.17, 15) is 4.79 Å². The highest BCUT2D eigenvalue weighted by Crippen LogP contribution is 2.10. The topological polar surface area (TPSA) is 57.8 Å². The summed E-state index contributed by atoms with van der Waals surface area (Å²) in [5, 5.41) is 3.86. The van der Waals surface area contributed by atoms with Crippen molar-refractivity contribution in [1.29, 1.82) is 0 Å². The van der Waals surface area contributed by atoms with Gasteiger partial charge in [0.25, 0.3) is 5.56 Å². The summed E-state index contributed by atoms with van der Waals surface area (Å²) in [6.07, 6.45) is 0. The van der Waals surface area contributed by atoms with Crippen LogP contribution in [0, 0.1) is 6.92 Å². The standard InChI is InChI=1S/C16H15N3O/c1-11-6-8-12(9-7-11)17-10-15-18-14-5-3-2-4-13(14)16(20)19-15/h2-9,17H,10H2,1H3,(H,18,19,20). The lowest BCUT2D eigenvalue weighted by atomic mass is 10.2. The predicted octanol–water partition coefficient (Wildman–Crippen LogP) is 2.84. The van der Waals surface area contributed by atoms with Gasteiger partial charge in [-0.2, -0.15) is 0 Å². The Morgan fingerprint density at radius 3 is 2.65 bits per heavy atom. The molecule has 4 nitrogen and oxygen atoms in total. The van der Waals surface area contributed by atoms with Gasteiger partial charge in [0, 0.05) is 5.69 Å². The molecule has 1 aromatic heterocycles. The molecule has 3 aromatic rings. The number of nitrogens with one attached hydrogen (secondary N) is 2. The first kappa shape index (κ1) is 12.4. The first-order chi connectivity index (χ1) is 9.72. The molecule has 0 spiro atoms. The van der Waals surface area contributed by atoms with Gasteiger partial charge < -0.3 is 10.3 Å². The van der Waals surface area contributed by atoms with Crippen molar-refractivity contribution in [3.8, 4) is 0 Å². The van der Waals surface area contributed by atoms with Crippen molar-refractivity contribution in [2.45, 2.75) is 13.5 Å². The third-order valence-corrected chi connectivity index (χ3v) is 3.17. The molecule has 2 aromatic carbocycles. The predicted molar refractivity (Wildman–Crippen MR) is 80.9 cm³/mol. The smallest absolute Gasteiger partial charge is 0.258 e. The molecule has 0 saturated carbocycles. The zero-order valence-corrected chi connectivity index (χ0v) is 11.2. The Morgan fingerprint density at radius 1 is 1.10 bits per heavy atom. The zero-order chi connectivity index (χ0) is 13.9. The largest absolute Gasteiger partial charge is 0.378 e. The van der Waals surface area contributed by atoms with E-state index in [4.69, 9.17) is 0 Å². The summed E-state index contributed by atoms with van der Waals surface area (Å²) in [5.41, 5.74) is 2.84. The molecule has 0 bridgehead atoms. The van der Waals surface area contributed by atoms with Gasteiger partial charge in [0.2, 0.25) is 0 Å². The molecule has 0 saturated heterocycles. The monoisotopic (exact) mass is 265 g/mol. The quantitative estimate of drug-likeness (QED) is 0.765. The van der Waals surface area contributed by atoms with E-state index in [-0.39, 0.29) is 5.56 Å². The highest BCUT2D eigenvalue weighted by atomic mass is 16.1. The third-order valence-electron chi connectivity index (χ3n) is 3.17. The number of para-hydroxylation sites is 1. The number of fused-ring (bicyclic) bond motifs is 1. The molecule has 3 rings (SSSR count). The minimum Gasteiger partial charge on any atom is -0.378 e. The summed E-state index contributed by atoms with van der Waals surface area (Å²) in [5.74, 6) is 0.634. The van der Waals surface area contributed by atoms with E-state index < -0.39 is 0 Å². The fourth-order valence-corrected chi connectivity index (χ4v) is 2.08. The number of benzene rings is 2. The number of aryl methyl sites for hydroxylation is 1. The average molecular weight is 265 g/mol. The van der Waals surface area contributed by atoms with E-state index in [0.29, 0.717) is 17.8 Å². The summed E-state index contributed by atoms with van der Waals surface area (Å²) in [4.78, 5) is 19.2. The second kappa shape index (κ2) is 5.17. The van der Waals surface area contributed by atoms with Gasteiger partial charge in [-0.25, -0.2) is 4.98 Å². The Kier molecular flexibility index (Phi) is 3.21. The average Bonchev–Trinajstić information content (AvgIpc) is 2.47. The van der Waals surface area contributed by atoms with Gasteiger partial charge >= 0.3 is 0 Å². The lowest BCUT2D eigenvalue weighted by molar-refractivity contribution is 0.953. The Bertz CT molecular complexity index is 791. The van der Waals surface area contributed by atoms with Crippen LogP contribution < -0.4 is 10.9 Å². The van der Waals surface area contributed by atoms with E-state index in [1.54, 1.807) is 6.07 Å². The maximum atomic E-state index is 11.9. The molecule has 0 fully saturated rings. The van der Waals surface area contributed by atoms with Gasteiger partial charge in [0.15, 0.2) is 0 Å². The Balaban J connectivity index is 1.84. The van der Waals surface area contributed by atoms with Crippen molar-refractivity contribution in [3.05, 3.63) is 70.3 Å². The molecule has 20 heavy (non-hydrogen) atoms. The molecule has 1 heterocycles. The van der Waals surface area contributed by atoms with Crippen LogP contribution in [-0.2, 0) is 6.54 Å². The zero-order valence-electron chi connectivity index (χ0n) is 11.2. The van der Waals surface area contributed by atoms with Crippen LogP contribution in [-0.4, -0.2) is 9.97 Å². The first-order valence-corrected chi connectivity index (χ1v) is 6.51. The highest BCUT2D eigenvalue weighted by molar-refractivity contribution is 5.77. The first-order valence-electron chi connectivity index (χ1n) is 6.51. The van der Waals surface area contributed by atoms with Crippen molar-refractivity contribution in [1.82, 2.24) is 9.97 Å². The van der Waals surface area contributed by atoms with Crippen molar-refractivity contribution in [2.24, 2.45) is 0 Å². The molecular weight excluding hydrogens is 250 g/mol. The van der Waals surface area contributed by atoms with Crippen LogP contribution in [0.15, 0.2) is 53.3 Å². The molecule has 4 heteroatoms. The highest BCUT2D eigenvalue weighted by Gasteiger charge is 2.02. The maximum Gasteiger partial charge on any atom is 0.258 e. The summed E-state index contributed by atoms with van der Waals surface area (Å²) in [6, 6.07) is 15.4. The molecule has 0 aliphatic carbocycles. The molecular formula is C16H15N3O. The van der Waals surface area contributed by atoms with Gasteiger partial charge in [0.05, 0.1) is 17.4 Å². The van der Waals surface area contributed by atoms with Crippen molar-refractivity contribution >= 4 is 16.6 Å². The number of H-pyrrole nitrogens is 1. The van der Waals surface area contributed by atoms with Crippen LogP contribution in [0.1, 0.15) is 11.4 Å². The molecule has 0 radical (unpaired) electrons. The lowest BCUT2D eigenvalue weighted by Gasteiger charge is -2.07. The number of hydrogen-bond acceptors (Lipinski definition) is 3. The molecule has 100 valence electrons. The second-order valence-corrected chi connectivity index (χ2v) is 4.75. The van der Waals surface area contributed by atoms with E-state index in [1.807, 2.05) is 49.4 Å². The van der Waals surface area contributed by atoms with E-state index in [1.165, 1.54) is 5.56 Å². The Labute approximate surface area is 116 Å². The van der Waals surface area contributed by atoms with Crippen LogP contribution in [0.4, 0.5) is 5.69 Å². The number of aromatic nitrogens is 2. The SMILES string of the molecule is Cc1ccc(NCc2nc3ccccc3c(=O)[nH]2)cc1. The summed E-state index contributed by atoms with van der Waals surface area (Å²) < 4.78 is 0. The van der Waals surface area contributed by atoms with Crippen LogP contribution in [0.3, 0.4) is 0 Å². The molecule has 0 amide bonds. The van der Waals surface area contributed by atoms with Crippen molar-refractivity contribution < 1.29 is 0 Å². The van der Waals surface area contributed by atoms with E-state index in [2.05, 4.69) is 15.3 Å². The van der Waals surface area contributed by atoms with Gasteiger partial charge in [-0.15, -0.1) is 0 Å². The van der Waals surface area contributed by atoms with Crippen LogP contribution >= 0.6 is 0 Å². The molecule has 0 unspecified atom stereocenters. The van der Waals surface area contributed by atoms with Crippen LogP contribution in [0.2, 0.25) is 0 Å². The van der Waals surface area contributed by atoms with Gasteiger partial charge in [-0.1, -0.05) is 29.8 Å². The molecule has 0 atom stereocenters. The number of hydrogen-bond donors (Lipinski definition) is 2. The fraction of sp³-hybridized carbons (Fsp3) is 0.125. The summed E-state index contributed by atoms with van der Waals surface area (Å²) in [7, 11) is 0. The number of aromatic amines is 1. The minimum atomic E-state index is -0.101. The Morgan fingerprint density at radius 2 is 1.85 bits per heavy atom. The summed E-state index contributed by atoms with van der Waals surface area (Å²) in [6.45, 7) is 2.54. The molecule has 2 N–H and O–H groups in total. The number of nitrogens with zero attached hydrogens (tertiary/aromatic N) is 1. The molecule has 0 aliphatic heterocycles.